The number of hydrogen-bond donors (Lipinski definition) is 3. The van der Waals surface area contributed by atoms with Crippen LogP contribution in [0.4, 0.5) is 10.1 Å². The van der Waals surface area contributed by atoms with E-state index >= 15 is 0 Å². The molecule has 1 atom stereocenters. The van der Waals surface area contributed by atoms with Gasteiger partial charge in [0.2, 0.25) is 0 Å². The van der Waals surface area contributed by atoms with Gasteiger partial charge >= 0.3 is 0 Å². The smallest absolute Gasteiger partial charge is 0.144 e. The highest BCUT2D eigenvalue weighted by Crippen LogP contribution is 2.35. The van der Waals surface area contributed by atoms with Crippen LogP contribution in [0.5, 0.6) is 5.75 Å². The van der Waals surface area contributed by atoms with Crippen LogP contribution in [0, 0.1) is 0 Å². The zero-order chi connectivity index (χ0) is 10.0. The lowest BCUT2D eigenvalue weighted by Gasteiger charge is -2.13. The van der Waals surface area contributed by atoms with Crippen LogP contribution in [0.25, 0.3) is 0 Å². The molecule has 13 heavy (non-hydrogen) atoms. The van der Waals surface area contributed by atoms with Gasteiger partial charge in [0.25, 0.3) is 0 Å². The van der Waals surface area contributed by atoms with Gasteiger partial charge in [-0.1, -0.05) is 15.9 Å². The first-order valence-electron chi connectivity index (χ1n) is 3.66. The van der Waals surface area contributed by atoms with Gasteiger partial charge in [0, 0.05) is 10.0 Å². The molecule has 5 heteroatoms. The van der Waals surface area contributed by atoms with E-state index in [0.717, 1.165) is 0 Å². The fourth-order valence-corrected chi connectivity index (χ4v) is 1.64. The number of anilines is 1. The van der Waals surface area contributed by atoms with Gasteiger partial charge in [0.15, 0.2) is 0 Å². The summed E-state index contributed by atoms with van der Waals surface area (Å²) in [5.74, 6) is -0.153. The Labute approximate surface area is 83.7 Å². The summed E-state index contributed by atoms with van der Waals surface area (Å²) in [6.45, 7) is -0.740. The highest BCUT2D eigenvalue weighted by molar-refractivity contribution is 9.10. The van der Waals surface area contributed by atoms with E-state index in [9.17, 15) is 9.50 Å². The van der Waals surface area contributed by atoms with Crippen LogP contribution in [-0.2, 0) is 0 Å². The van der Waals surface area contributed by atoms with E-state index in [1.165, 1.54) is 6.07 Å². The number of halogens is 2. The van der Waals surface area contributed by atoms with Gasteiger partial charge in [-0.05, 0) is 12.1 Å². The number of phenols is 1. The summed E-state index contributed by atoms with van der Waals surface area (Å²) in [5, 5.41) is 9.48. The summed E-state index contributed by atoms with van der Waals surface area (Å²) in [4.78, 5) is 0. The van der Waals surface area contributed by atoms with Gasteiger partial charge in [-0.2, -0.15) is 0 Å². The van der Waals surface area contributed by atoms with E-state index in [1.807, 2.05) is 0 Å². The van der Waals surface area contributed by atoms with Crippen molar-refractivity contribution in [2.45, 2.75) is 6.04 Å². The lowest BCUT2D eigenvalue weighted by Crippen LogP contribution is -2.13. The van der Waals surface area contributed by atoms with Gasteiger partial charge in [-0.25, -0.2) is 4.39 Å². The van der Waals surface area contributed by atoms with Crippen LogP contribution in [0.15, 0.2) is 16.6 Å². The van der Waals surface area contributed by atoms with Gasteiger partial charge in [0.05, 0.1) is 11.7 Å². The van der Waals surface area contributed by atoms with Crippen molar-refractivity contribution in [1.82, 2.24) is 0 Å². The monoisotopic (exact) mass is 248 g/mol. The molecule has 0 amide bonds. The third-order valence-corrected chi connectivity index (χ3v) is 2.42. The van der Waals surface area contributed by atoms with Crippen molar-refractivity contribution in [3.05, 3.63) is 22.2 Å². The van der Waals surface area contributed by atoms with Crippen molar-refractivity contribution in [1.29, 1.82) is 0 Å². The van der Waals surface area contributed by atoms with Crippen molar-refractivity contribution >= 4 is 21.6 Å². The molecule has 0 unspecified atom stereocenters. The van der Waals surface area contributed by atoms with Gasteiger partial charge in [0.1, 0.15) is 12.4 Å². The Balaban J connectivity index is 3.25. The summed E-state index contributed by atoms with van der Waals surface area (Å²) >= 11 is 3.16. The standard InChI is InChI=1S/C8H10BrFN2O/c9-4-1-2-5(11)8(13)7(4)6(12)3-10/h1-2,6,13H,3,11-12H2/t6-/m1/s1. The first-order valence-corrected chi connectivity index (χ1v) is 4.45. The number of nitrogen functional groups attached to an aromatic ring is 1. The van der Waals surface area contributed by atoms with Crippen LogP contribution in [0.3, 0.4) is 0 Å². The predicted octanol–water partition coefficient (Wildman–Crippen LogP) is 1.71. The number of hydrogen-bond acceptors (Lipinski definition) is 3. The number of aromatic hydroxyl groups is 1. The Kier molecular flexibility index (Phi) is 3.11. The number of alkyl halides is 1. The molecule has 1 rings (SSSR count). The van der Waals surface area contributed by atoms with Gasteiger partial charge < -0.3 is 16.6 Å². The molecule has 0 heterocycles. The molecule has 0 fully saturated rings. The van der Waals surface area contributed by atoms with Crippen molar-refractivity contribution in [2.24, 2.45) is 5.73 Å². The summed E-state index contributed by atoms with van der Waals surface area (Å²) in [5.41, 5.74) is 11.4. The van der Waals surface area contributed by atoms with E-state index in [4.69, 9.17) is 11.5 Å². The van der Waals surface area contributed by atoms with Crippen LogP contribution >= 0.6 is 15.9 Å². The minimum Gasteiger partial charge on any atom is -0.505 e. The first kappa shape index (κ1) is 10.3. The van der Waals surface area contributed by atoms with Crippen LogP contribution in [0.2, 0.25) is 0 Å². The molecule has 0 aliphatic carbocycles. The average Bonchev–Trinajstić information content (AvgIpc) is 2.12. The lowest BCUT2D eigenvalue weighted by molar-refractivity contribution is 0.414. The zero-order valence-electron chi connectivity index (χ0n) is 6.80. The van der Waals surface area contributed by atoms with E-state index < -0.39 is 12.7 Å². The molecule has 0 radical (unpaired) electrons. The van der Waals surface area contributed by atoms with Crippen molar-refractivity contribution in [3.63, 3.8) is 0 Å². The molecule has 1 aromatic carbocycles. The second-order valence-electron chi connectivity index (χ2n) is 2.66. The van der Waals surface area contributed by atoms with Gasteiger partial charge in [-0.15, -0.1) is 0 Å². The Morgan fingerprint density at radius 1 is 1.54 bits per heavy atom. The molecular weight excluding hydrogens is 239 g/mol. The molecule has 72 valence electrons. The normalized spacial score (nSPS) is 12.8. The summed E-state index contributed by atoms with van der Waals surface area (Å²) < 4.78 is 12.8. The summed E-state index contributed by atoms with van der Waals surface area (Å²) in [7, 11) is 0. The molecule has 0 aliphatic rings. The number of nitrogens with two attached hydrogens (primary N) is 2. The second-order valence-corrected chi connectivity index (χ2v) is 3.51. The molecule has 0 spiro atoms. The third kappa shape index (κ3) is 1.92. The highest BCUT2D eigenvalue weighted by Gasteiger charge is 2.16. The van der Waals surface area contributed by atoms with Crippen molar-refractivity contribution in [3.8, 4) is 5.75 Å². The molecule has 1 aromatic rings. The topological polar surface area (TPSA) is 72.3 Å². The van der Waals surface area contributed by atoms with E-state index in [1.54, 1.807) is 6.07 Å². The maximum Gasteiger partial charge on any atom is 0.144 e. The maximum atomic E-state index is 12.3. The Hall–Kier alpha value is -0.810. The summed E-state index contributed by atoms with van der Waals surface area (Å²) in [6.07, 6.45) is 0. The molecule has 0 bridgehead atoms. The van der Waals surface area contributed by atoms with Crippen LogP contribution < -0.4 is 11.5 Å². The quantitative estimate of drug-likeness (QED) is 0.551. The number of benzene rings is 1. The lowest BCUT2D eigenvalue weighted by atomic mass is 10.1. The van der Waals surface area contributed by atoms with E-state index in [-0.39, 0.29) is 11.4 Å². The van der Waals surface area contributed by atoms with Crippen LogP contribution in [-0.4, -0.2) is 11.8 Å². The number of phenolic OH excluding ortho intramolecular Hbond substituents is 1. The molecule has 5 N–H and O–H groups in total. The molecule has 0 aliphatic heterocycles. The third-order valence-electron chi connectivity index (χ3n) is 1.73. The Morgan fingerprint density at radius 3 is 2.69 bits per heavy atom. The molecule has 3 nitrogen and oxygen atoms in total. The fourth-order valence-electron chi connectivity index (χ4n) is 1.03. The minimum absolute atomic E-state index is 0.153. The maximum absolute atomic E-state index is 12.3. The SMILES string of the molecule is Nc1ccc(Br)c([C@H](N)CF)c1O. The number of rotatable bonds is 2. The van der Waals surface area contributed by atoms with E-state index in [2.05, 4.69) is 15.9 Å². The first-order chi connectivity index (χ1) is 6.07. The molecule has 0 saturated heterocycles. The predicted molar refractivity (Wildman–Crippen MR) is 53.1 cm³/mol. The van der Waals surface area contributed by atoms with Crippen molar-refractivity contribution < 1.29 is 9.50 Å². The van der Waals surface area contributed by atoms with Gasteiger partial charge in [-0.3, -0.25) is 0 Å². The fraction of sp³-hybridized carbons (Fsp3) is 0.250. The minimum atomic E-state index is -0.849. The Morgan fingerprint density at radius 2 is 2.15 bits per heavy atom. The zero-order valence-corrected chi connectivity index (χ0v) is 8.38. The second kappa shape index (κ2) is 3.93. The summed E-state index contributed by atoms with van der Waals surface area (Å²) in [6, 6.07) is 2.30. The average molecular weight is 249 g/mol. The Bertz CT molecular complexity index is 319. The molecule has 0 saturated carbocycles. The van der Waals surface area contributed by atoms with Crippen LogP contribution in [0.1, 0.15) is 11.6 Å². The van der Waals surface area contributed by atoms with Crippen molar-refractivity contribution in [2.75, 3.05) is 12.4 Å². The largest absolute Gasteiger partial charge is 0.505 e. The molecule has 0 aromatic heterocycles. The molecular formula is C8H10BrFN2O. The van der Waals surface area contributed by atoms with E-state index in [0.29, 0.717) is 10.0 Å². The highest BCUT2D eigenvalue weighted by atomic mass is 79.9.